The van der Waals surface area contributed by atoms with Gasteiger partial charge in [-0.1, -0.05) is 60.3 Å². The zero-order valence-corrected chi connectivity index (χ0v) is 13.1. The maximum atomic E-state index is 12.3. The first-order valence-electron chi connectivity index (χ1n) is 6.95. The summed E-state index contributed by atoms with van der Waals surface area (Å²) in [6.07, 6.45) is 0. The lowest BCUT2D eigenvalue weighted by Crippen LogP contribution is -2.43. The second kappa shape index (κ2) is 8.24. The molecule has 0 heterocycles. The molecule has 0 spiro atoms. The van der Waals surface area contributed by atoms with E-state index in [4.69, 9.17) is 0 Å². The largest absolute Gasteiger partial charge is 0.349 e. The van der Waals surface area contributed by atoms with E-state index in [1.165, 1.54) is 18.7 Å². The number of amides is 2. The van der Waals surface area contributed by atoms with Gasteiger partial charge in [0.15, 0.2) is 5.37 Å². The van der Waals surface area contributed by atoms with E-state index in [-0.39, 0.29) is 11.8 Å². The Morgan fingerprint density at radius 2 is 1.59 bits per heavy atom. The van der Waals surface area contributed by atoms with Gasteiger partial charge in [-0.15, -0.1) is 0 Å². The van der Waals surface area contributed by atoms with Gasteiger partial charge < -0.3 is 10.6 Å². The van der Waals surface area contributed by atoms with Crippen LogP contribution < -0.4 is 10.6 Å². The molecule has 114 valence electrons. The van der Waals surface area contributed by atoms with Gasteiger partial charge in [0.1, 0.15) is 0 Å². The van der Waals surface area contributed by atoms with Crippen LogP contribution in [0.2, 0.25) is 0 Å². The molecular weight excluding hydrogens is 296 g/mol. The highest BCUT2D eigenvalue weighted by Crippen LogP contribution is 2.21. The molecule has 2 N–H and O–H groups in total. The molecule has 0 aliphatic rings. The Morgan fingerprint density at radius 3 is 2.18 bits per heavy atom. The molecule has 0 radical (unpaired) electrons. The van der Waals surface area contributed by atoms with E-state index < -0.39 is 5.37 Å². The van der Waals surface area contributed by atoms with Crippen LogP contribution in [-0.2, 0) is 16.1 Å². The molecule has 4 nitrogen and oxygen atoms in total. The molecule has 22 heavy (non-hydrogen) atoms. The summed E-state index contributed by atoms with van der Waals surface area (Å²) in [6.45, 7) is 1.84. The number of benzene rings is 2. The van der Waals surface area contributed by atoms with Crippen LogP contribution in [0.15, 0.2) is 65.6 Å². The molecule has 0 saturated heterocycles. The lowest BCUT2D eigenvalue weighted by molar-refractivity contribution is -0.126. The summed E-state index contributed by atoms with van der Waals surface area (Å²) in [5.74, 6) is -0.448. The van der Waals surface area contributed by atoms with Crippen LogP contribution >= 0.6 is 11.8 Å². The highest BCUT2D eigenvalue weighted by molar-refractivity contribution is 8.00. The van der Waals surface area contributed by atoms with Crippen molar-refractivity contribution in [1.29, 1.82) is 0 Å². The Bertz CT molecular complexity index is 617. The van der Waals surface area contributed by atoms with Gasteiger partial charge >= 0.3 is 0 Å². The van der Waals surface area contributed by atoms with E-state index in [0.29, 0.717) is 6.54 Å². The topological polar surface area (TPSA) is 58.2 Å². The Hall–Kier alpha value is -2.27. The normalized spacial score (nSPS) is 11.5. The maximum absolute atomic E-state index is 12.3. The van der Waals surface area contributed by atoms with Gasteiger partial charge in [-0.25, -0.2) is 0 Å². The van der Waals surface area contributed by atoms with E-state index in [1.807, 2.05) is 60.7 Å². The smallest absolute Gasteiger partial charge is 0.253 e. The van der Waals surface area contributed by atoms with Crippen molar-refractivity contribution in [3.63, 3.8) is 0 Å². The van der Waals surface area contributed by atoms with Crippen LogP contribution in [0.1, 0.15) is 12.5 Å². The first kappa shape index (κ1) is 16.1. The quantitative estimate of drug-likeness (QED) is 0.636. The van der Waals surface area contributed by atoms with E-state index in [9.17, 15) is 9.59 Å². The number of rotatable bonds is 6. The van der Waals surface area contributed by atoms with Crippen LogP contribution in [0.5, 0.6) is 0 Å². The van der Waals surface area contributed by atoms with Gasteiger partial charge in [0.2, 0.25) is 5.91 Å². The summed E-state index contributed by atoms with van der Waals surface area (Å²) in [6, 6.07) is 19.2. The fourth-order valence-electron chi connectivity index (χ4n) is 1.85. The molecule has 0 aromatic heterocycles. The summed E-state index contributed by atoms with van der Waals surface area (Å²) in [5.41, 5.74) is 1.02. The minimum atomic E-state index is -0.649. The molecule has 0 aliphatic carbocycles. The predicted octanol–water partition coefficient (Wildman–Crippen LogP) is 2.56. The number of thioether (sulfide) groups is 1. The van der Waals surface area contributed by atoms with Crippen LogP contribution in [0.3, 0.4) is 0 Å². The number of nitrogens with one attached hydrogen (secondary N) is 2. The third-order valence-corrected chi connectivity index (χ3v) is 3.99. The predicted molar refractivity (Wildman–Crippen MR) is 88.2 cm³/mol. The number of hydrogen-bond acceptors (Lipinski definition) is 3. The van der Waals surface area contributed by atoms with E-state index in [0.717, 1.165) is 10.5 Å². The molecule has 0 aliphatic heterocycles. The van der Waals surface area contributed by atoms with Crippen molar-refractivity contribution in [2.45, 2.75) is 23.7 Å². The molecule has 0 fully saturated rings. The number of hydrogen-bond donors (Lipinski definition) is 2. The first-order chi connectivity index (χ1) is 10.6. The van der Waals surface area contributed by atoms with Gasteiger partial charge in [0, 0.05) is 18.4 Å². The van der Waals surface area contributed by atoms with Crippen molar-refractivity contribution >= 4 is 23.6 Å². The summed E-state index contributed by atoms with van der Waals surface area (Å²) < 4.78 is 0. The highest BCUT2D eigenvalue weighted by Gasteiger charge is 2.20. The molecular formula is C17H18N2O2S. The summed E-state index contributed by atoms with van der Waals surface area (Å²) in [5, 5.41) is 4.88. The Morgan fingerprint density at radius 1 is 1.00 bits per heavy atom. The van der Waals surface area contributed by atoms with Crippen LogP contribution in [0.25, 0.3) is 0 Å². The van der Waals surface area contributed by atoms with Gasteiger partial charge in [0.05, 0.1) is 0 Å². The number of carbonyl (C=O) groups is 2. The molecule has 2 amide bonds. The van der Waals surface area contributed by atoms with Crippen LogP contribution in [-0.4, -0.2) is 17.2 Å². The van der Waals surface area contributed by atoms with E-state index in [1.54, 1.807) is 0 Å². The van der Waals surface area contributed by atoms with Gasteiger partial charge in [-0.3, -0.25) is 9.59 Å². The second-order valence-corrected chi connectivity index (χ2v) is 5.89. The third-order valence-electron chi connectivity index (χ3n) is 2.88. The molecule has 2 rings (SSSR count). The Kier molecular flexibility index (Phi) is 6.03. The third kappa shape index (κ3) is 5.26. The van der Waals surface area contributed by atoms with Crippen LogP contribution in [0, 0.1) is 0 Å². The molecule has 2 aromatic carbocycles. The SMILES string of the molecule is CC(=O)NC(Sc1ccccc1)C(=O)NCc1ccccc1. The van der Waals surface area contributed by atoms with Crippen LogP contribution in [0.4, 0.5) is 0 Å². The average Bonchev–Trinajstić information content (AvgIpc) is 2.53. The van der Waals surface area contributed by atoms with Gasteiger partial charge in [-0.05, 0) is 17.7 Å². The molecule has 5 heteroatoms. The van der Waals surface area contributed by atoms with Crippen molar-refractivity contribution < 1.29 is 9.59 Å². The highest BCUT2D eigenvalue weighted by atomic mass is 32.2. The maximum Gasteiger partial charge on any atom is 0.253 e. The Balaban J connectivity index is 1.98. The monoisotopic (exact) mass is 314 g/mol. The zero-order chi connectivity index (χ0) is 15.8. The fraction of sp³-hybridized carbons (Fsp3) is 0.176. The van der Waals surface area contributed by atoms with Crippen molar-refractivity contribution in [2.24, 2.45) is 0 Å². The molecule has 0 saturated carbocycles. The standard InChI is InChI=1S/C17H18N2O2S/c1-13(20)19-17(22-15-10-6-3-7-11-15)16(21)18-12-14-8-4-2-5-9-14/h2-11,17H,12H2,1H3,(H,18,21)(H,19,20). The number of carbonyl (C=O) groups excluding carboxylic acids is 2. The zero-order valence-electron chi connectivity index (χ0n) is 12.3. The summed E-state index contributed by atoms with van der Waals surface area (Å²) in [4.78, 5) is 24.6. The van der Waals surface area contributed by atoms with Crippen molar-refractivity contribution in [3.8, 4) is 0 Å². The molecule has 1 unspecified atom stereocenters. The van der Waals surface area contributed by atoms with Crippen molar-refractivity contribution in [1.82, 2.24) is 10.6 Å². The summed E-state index contributed by atoms with van der Waals surface area (Å²) in [7, 11) is 0. The fourth-order valence-corrected chi connectivity index (χ4v) is 2.85. The summed E-state index contributed by atoms with van der Waals surface area (Å²) >= 11 is 1.32. The second-order valence-electron chi connectivity index (χ2n) is 4.71. The molecule has 1 atom stereocenters. The Labute approximate surface area is 134 Å². The lowest BCUT2D eigenvalue weighted by Gasteiger charge is -2.17. The molecule has 0 bridgehead atoms. The van der Waals surface area contributed by atoms with Gasteiger partial charge in [0.25, 0.3) is 5.91 Å². The lowest BCUT2D eigenvalue weighted by atomic mass is 10.2. The first-order valence-corrected chi connectivity index (χ1v) is 7.83. The minimum absolute atomic E-state index is 0.215. The van der Waals surface area contributed by atoms with Crippen molar-refractivity contribution in [3.05, 3.63) is 66.2 Å². The average molecular weight is 314 g/mol. The van der Waals surface area contributed by atoms with Crippen molar-refractivity contribution in [2.75, 3.05) is 0 Å². The molecule has 2 aromatic rings. The van der Waals surface area contributed by atoms with Gasteiger partial charge in [-0.2, -0.15) is 0 Å². The van der Waals surface area contributed by atoms with E-state index in [2.05, 4.69) is 10.6 Å². The van der Waals surface area contributed by atoms with E-state index >= 15 is 0 Å². The minimum Gasteiger partial charge on any atom is -0.349 e.